The highest BCUT2D eigenvalue weighted by Gasteiger charge is 2.28. The highest BCUT2D eigenvalue weighted by molar-refractivity contribution is 5.07. The fourth-order valence-electron chi connectivity index (χ4n) is 3.46. The lowest BCUT2D eigenvalue weighted by Crippen LogP contribution is -2.40. The van der Waals surface area contributed by atoms with Gasteiger partial charge in [-0.25, -0.2) is 0 Å². The summed E-state index contributed by atoms with van der Waals surface area (Å²) < 4.78 is 5.82. The van der Waals surface area contributed by atoms with E-state index in [-0.39, 0.29) is 0 Å². The number of hydrogen-bond donors (Lipinski definition) is 0. The third kappa shape index (κ3) is 3.21. The van der Waals surface area contributed by atoms with Crippen LogP contribution in [0.2, 0.25) is 0 Å². The molecule has 1 aromatic heterocycles. The first kappa shape index (κ1) is 13.2. The van der Waals surface area contributed by atoms with E-state index in [1.54, 1.807) is 0 Å². The summed E-state index contributed by atoms with van der Waals surface area (Å²) in [7, 11) is 0. The SMILES string of the molecule is CCc1ccc(CN2CCC(N3CCCCC3)C2)o1. The molecule has 3 rings (SSSR count). The van der Waals surface area contributed by atoms with Crippen LogP contribution in [0.5, 0.6) is 0 Å². The molecule has 2 fully saturated rings. The van der Waals surface area contributed by atoms with Crippen LogP contribution in [0.3, 0.4) is 0 Å². The Morgan fingerprint density at radius 2 is 1.89 bits per heavy atom. The van der Waals surface area contributed by atoms with Crippen molar-refractivity contribution in [3.8, 4) is 0 Å². The zero-order chi connectivity index (χ0) is 13.1. The highest BCUT2D eigenvalue weighted by Crippen LogP contribution is 2.22. The topological polar surface area (TPSA) is 19.6 Å². The quantitative estimate of drug-likeness (QED) is 0.832. The van der Waals surface area contributed by atoms with Crippen LogP contribution in [0.1, 0.15) is 44.1 Å². The summed E-state index contributed by atoms with van der Waals surface area (Å²) in [5, 5.41) is 0. The Hall–Kier alpha value is -0.800. The summed E-state index contributed by atoms with van der Waals surface area (Å²) >= 11 is 0. The summed E-state index contributed by atoms with van der Waals surface area (Å²) in [4.78, 5) is 5.26. The first-order valence-corrected chi connectivity index (χ1v) is 7.89. The third-order valence-electron chi connectivity index (χ3n) is 4.60. The number of aryl methyl sites for hydroxylation is 1. The second-order valence-electron chi connectivity index (χ2n) is 6.00. The van der Waals surface area contributed by atoms with Crippen LogP contribution in [0.4, 0.5) is 0 Å². The van der Waals surface area contributed by atoms with Crippen LogP contribution in [0, 0.1) is 0 Å². The lowest BCUT2D eigenvalue weighted by Gasteiger charge is -2.32. The smallest absolute Gasteiger partial charge is 0.118 e. The van der Waals surface area contributed by atoms with Crippen LogP contribution in [-0.2, 0) is 13.0 Å². The van der Waals surface area contributed by atoms with E-state index in [2.05, 4.69) is 28.9 Å². The zero-order valence-corrected chi connectivity index (χ0v) is 12.1. The van der Waals surface area contributed by atoms with Gasteiger partial charge in [0.25, 0.3) is 0 Å². The maximum Gasteiger partial charge on any atom is 0.118 e. The Labute approximate surface area is 116 Å². The summed E-state index contributed by atoms with van der Waals surface area (Å²) in [6, 6.07) is 5.06. The molecule has 0 amide bonds. The second-order valence-corrected chi connectivity index (χ2v) is 6.00. The van der Waals surface area contributed by atoms with Crippen molar-refractivity contribution in [2.45, 2.75) is 51.6 Å². The predicted octanol–water partition coefficient (Wildman–Crippen LogP) is 2.90. The van der Waals surface area contributed by atoms with Crippen LogP contribution in [0.15, 0.2) is 16.5 Å². The molecule has 2 aliphatic heterocycles. The van der Waals surface area contributed by atoms with Gasteiger partial charge in [-0.2, -0.15) is 0 Å². The molecule has 3 heteroatoms. The molecule has 106 valence electrons. The Morgan fingerprint density at radius 3 is 2.63 bits per heavy atom. The van der Waals surface area contributed by atoms with Crippen LogP contribution in [0.25, 0.3) is 0 Å². The van der Waals surface area contributed by atoms with Crippen molar-refractivity contribution in [2.75, 3.05) is 26.2 Å². The molecule has 3 heterocycles. The molecule has 0 radical (unpaired) electrons. The van der Waals surface area contributed by atoms with Crippen molar-refractivity contribution in [3.05, 3.63) is 23.7 Å². The Bertz CT molecular complexity index is 395. The molecule has 2 aliphatic rings. The van der Waals surface area contributed by atoms with Gasteiger partial charge in [-0.3, -0.25) is 9.80 Å². The summed E-state index contributed by atoms with van der Waals surface area (Å²) in [5.74, 6) is 2.25. The molecular weight excluding hydrogens is 236 g/mol. The fraction of sp³-hybridized carbons (Fsp3) is 0.750. The molecular formula is C16H26N2O. The molecule has 1 atom stereocenters. The number of furan rings is 1. The van der Waals surface area contributed by atoms with Crippen molar-refractivity contribution < 1.29 is 4.42 Å². The van der Waals surface area contributed by atoms with E-state index >= 15 is 0 Å². The van der Waals surface area contributed by atoms with E-state index in [9.17, 15) is 0 Å². The third-order valence-corrected chi connectivity index (χ3v) is 4.60. The molecule has 2 saturated heterocycles. The Kier molecular flexibility index (Phi) is 4.24. The molecule has 0 aliphatic carbocycles. The summed E-state index contributed by atoms with van der Waals surface area (Å²) in [6.07, 6.45) is 6.56. The van der Waals surface area contributed by atoms with Gasteiger partial charge in [0.05, 0.1) is 6.54 Å². The molecule has 0 aromatic carbocycles. The number of piperidine rings is 1. The number of likely N-dealkylation sites (tertiary alicyclic amines) is 2. The maximum atomic E-state index is 5.82. The normalized spacial score (nSPS) is 26.1. The zero-order valence-electron chi connectivity index (χ0n) is 12.1. The van der Waals surface area contributed by atoms with Crippen molar-refractivity contribution in [3.63, 3.8) is 0 Å². The number of hydrogen-bond acceptors (Lipinski definition) is 3. The number of nitrogens with zero attached hydrogens (tertiary/aromatic N) is 2. The van der Waals surface area contributed by atoms with Crippen molar-refractivity contribution in [1.29, 1.82) is 0 Å². The largest absolute Gasteiger partial charge is 0.465 e. The average Bonchev–Trinajstić information content (AvgIpc) is 3.09. The standard InChI is InChI=1S/C16H26N2O/c1-2-15-6-7-16(19-15)13-17-11-8-14(12-17)18-9-4-3-5-10-18/h6-7,14H,2-5,8-13H2,1H3. The lowest BCUT2D eigenvalue weighted by atomic mass is 10.1. The van der Waals surface area contributed by atoms with Crippen molar-refractivity contribution >= 4 is 0 Å². The van der Waals surface area contributed by atoms with E-state index in [1.165, 1.54) is 51.9 Å². The van der Waals surface area contributed by atoms with Gasteiger partial charge in [-0.15, -0.1) is 0 Å². The molecule has 19 heavy (non-hydrogen) atoms. The van der Waals surface area contributed by atoms with E-state index in [0.29, 0.717) is 0 Å². The maximum absolute atomic E-state index is 5.82. The Balaban J connectivity index is 1.51. The van der Waals surface area contributed by atoms with Gasteiger partial charge in [0.1, 0.15) is 11.5 Å². The van der Waals surface area contributed by atoms with Crippen LogP contribution in [-0.4, -0.2) is 42.0 Å². The second kappa shape index (κ2) is 6.10. The van der Waals surface area contributed by atoms with Gasteiger partial charge in [0.15, 0.2) is 0 Å². The predicted molar refractivity (Wildman–Crippen MR) is 77.2 cm³/mol. The number of rotatable bonds is 4. The van der Waals surface area contributed by atoms with E-state index in [4.69, 9.17) is 4.42 Å². The molecule has 0 bridgehead atoms. The minimum Gasteiger partial charge on any atom is -0.465 e. The van der Waals surface area contributed by atoms with Crippen molar-refractivity contribution in [2.24, 2.45) is 0 Å². The molecule has 0 spiro atoms. The Morgan fingerprint density at radius 1 is 1.11 bits per heavy atom. The van der Waals surface area contributed by atoms with E-state index in [1.807, 2.05) is 0 Å². The summed E-state index contributed by atoms with van der Waals surface area (Å²) in [5.41, 5.74) is 0. The van der Waals surface area contributed by atoms with Crippen LogP contribution < -0.4 is 0 Å². The van der Waals surface area contributed by atoms with E-state index in [0.717, 1.165) is 30.5 Å². The average molecular weight is 262 g/mol. The van der Waals surface area contributed by atoms with Crippen LogP contribution >= 0.6 is 0 Å². The first-order valence-electron chi connectivity index (χ1n) is 7.89. The summed E-state index contributed by atoms with van der Waals surface area (Å²) in [6.45, 7) is 8.22. The molecule has 1 aromatic rings. The monoisotopic (exact) mass is 262 g/mol. The molecule has 0 saturated carbocycles. The van der Waals surface area contributed by atoms with Gasteiger partial charge < -0.3 is 4.42 Å². The van der Waals surface area contributed by atoms with E-state index < -0.39 is 0 Å². The van der Waals surface area contributed by atoms with Gasteiger partial charge in [-0.05, 0) is 44.5 Å². The minimum atomic E-state index is 0.793. The van der Waals surface area contributed by atoms with Crippen molar-refractivity contribution in [1.82, 2.24) is 9.80 Å². The van der Waals surface area contributed by atoms with Gasteiger partial charge in [0, 0.05) is 25.6 Å². The molecule has 1 unspecified atom stereocenters. The molecule has 0 N–H and O–H groups in total. The minimum absolute atomic E-state index is 0.793. The van der Waals surface area contributed by atoms with Gasteiger partial charge in [0.2, 0.25) is 0 Å². The first-order chi connectivity index (χ1) is 9.35. The highest BCUT2D eigenvalue weighted by atomic mass is 16.3. The fourth-order valence-corrected chi connectivity index (χ4v) is 3.46. The molecule has 3 nitrogen and oxygen atoms in total. The lowest BCUT2D eigenvalue weighted by molar-refractivity contribution is 0.159. The van der Waals surface area contributed by atoms with Gasteiger partial charge in [-0.1, -0.05) is 13.3 Å². The van der Waals surface area contributed by atoms with Gasteiger partial charge >= 0.3 is 0 Å².